The zero-order valence-electron chi connectivity index (χ0n) is 3.31. The molecule has 40 valence electrons. The van der Waals surface area contributed by atoms with Crippen molar-refractivity contribution in [1.29, 1.82) is 0 Å². The maximum absolute atomic E-state index is 9.55. The molecule has 0 radical (unpaired) electrons. The molecule has 0 aliphatic rings. The van der Waals surface area contributed by atoms with E-state index in [-0.39, 0.29) is 27.5 Å². The molecular weight excluding hydrogens is 287 g/mol. The largest absolute Gasteiger partial charge is 0.541 e. The molecule has 0 heterocycles. The number of hydrogen-bond acceptors (Lipinski definition) is 2. The van der Waals surface area contributed by atoms with Gasteiger partial charge < -0.3 is 4.79 Å². The third kappa shape index (κ3) is 10.7. The molecule has 0 fully saturated rings. The Morgan fingerprint density at radius 1 is 1.71 bits per heavy atom. The maximum Gasteiger partial charge on any atom is 0.195 e. The van der Waals surface area contributed by atoms with Gasteiger partial charge in [0.25, 0.3) is 0 Å². The second-order valence-electron chi connectivity index (χ2n) is 0.676. The van der Waals surface area contributed by atoms with Crippen molar-refractivity contribution in [3.63, 3.8) is 0 Å². The quantitative estimate of drug-likeness (QED) is 0.415. The van der Waals surface area contributed by atoms with Crippen LogP contribution in [0.5, 0.6) is 0 Å². The summed E-state index contributed by atoms with van der Waals surface area (Å²) in [6.07, 6.45) is 1.03. The molecule has 0 spiro atoms. The van der Waals surface area contributed by atoms with E-state index in [1.807, 2.05) is 0 Å². The van der Waals surface area contributed by atoms with Crippen LogP contribution in [0.15, 0.2) is 0 Å². The van der Waals surface area contributed by atoms with Gasteiger partial charge in [-0.2, -0.15) is 0 Å². The van der Waals surface area contributed by atoms with Gasteiger partial charge in [-0.25, -0.2) is 0 Å². The van der Waals surface area contributed by atoms with Crippen molar-refractivity contribution >= 4 is 23.1 Å². The maximum atomic E-state index is 9.55. The van der Waals surface area contributed by atoms with Crippen LogP contribution in [0.4, 0.5) is 0 Å². The molecule has 2 nitrogen and oxygen atoms in total. The third-order valence-electron chi connectivity index (χ3n) is 0.211. The van der Waals surface area contributed by atoms with Gasteiger partial charge in [-0.3, -0.25) is 11.1 Å². The van der Waals surface area contributed by atoms with Crippen LogP contribution in [0.1, 0.15) is 6.42 Å². The molecule has 0 saturated carbocycles. The molecule has 0 unspecified atom stereocenters. The number of rotatable bonds is 2. The molecular formula is C3H2ClO2W-. The Bertz CT molecular complexity index is 73.3. The molecule has 0 aromatic heterocycles. The van der Waals surface area contributed by atoms with Crippen LogP contribution in [0.3, 0.4) is 0 Å². The minimum atomic E-state index is -0.662. The number of carbonyl (C=O) groups is 1. The van der Waals surface area contributed by atoms with E-state index in [2.05, 4.69) is 11.6 Å². The minimum absolute atomic E-state index is 0. The molecule has 0 aromatic rings. The molecule has 0 aliphatic carbocycles. The molecule has 0 amide bonds. The van der Waals surface area contributed by atoms with Crippen molar-refractivity contribution in [3.05, 3.63) is 0 Å². The fraction of sp³-hybridized carbons (Fsp3) is 0.333. The summed E-state index contributed by atoms with van der Waals surface area (Å²) in [6, 6.07) is 0. The third-order valence-corrected chi connectivity index (χ3v) is 0.345. The van der Waals surface area contributed by atoms with E-state index in [1.165, 1.54) is 6.29 Å². The van der Waals surface area contributed by atoms with Crippen molar-refractivity contribution < 1.29 is 30.7 Å². The average molecular weight is 289 g/mol. The predicted octanol–water partition coefficient (Wildman–Crippen LogP) is 0.249. The Labute approximate surface area is 60.5 Å². The van der Waals surface area contributed by atoms with Crippen molar-refractivity contribution in [1.82, 2.24) is 0 Å². The summed E-state index contributed by atoms with van der Waals surface area (Å²) in [5.41, 5.74) is 0. The molecule has 4 heteroatoms. The molecule has 0 saturated heterocycles. The minimum Gasteiger partial charge on any atom is -0.541 e. The summed E-state index contributed by atoms with van der Waals surface area (Å²) in [7, 11) is 0. The topological polar surface area (TPSA) is 34.1 Å². The SMILES string of the molecule is O=[C-]CC(=O)Cl.[W]. The first-order chi connectivity index (χ1) is 2.77. The van der Waals surface area contributed by atoms with Gasteiger partial charge in [0.15, 0.2) is 5.24 Å². The van der Waals surface area contributed by atoms with Gasteiger partial charge in [0.1, 0.15) is 0 Å². The summed E-state index contributed by atoms with van der Waals surface area (Å²) in [6.45, 7) is 0. The molecule has 0 N–H and O–H groups in total. The van der Waals surface area contributed by atoms with Crippen molar-refractivity contribution in [2.75, 3.05) is 0 Å². The van der Waals surface area contributed by atoms with E-state index in [9.17, 15) is 9.59 Å². The molecule has 0 aliphatic heterocycles. The Kier molecular flexibility index (Phi) is 9.32. The molecule has 0 rings (SSSR count). The number of carbonyl (C=O) groups excluding carboxylic acids is 2. The van der Waals surface area contributed by atoms with Gasteiger partial charge in [-0.1, -0.05) is 6.42 Å². The first kappa shape index (κ1) is 10.3. The fourth-order valence-electron chi connectivity index (χ4n) is 0.0567. The first-order valence-corrected chi connectivity index (χ1v) is 1.68. The zero-order valence-corrected chi connectivity index (χ0v) is 7.00. The predicted molar refractivity (Wildman–Crippen MR) is 21.2 cm³/mol. The van der Waals surface area contributed by atoms with Crippen LogP contribution < -0.4 is 0 Å². The van der Waals surface area contributed by atoms with E-state index >= 15 is 0 Å². The average Bonchev–Trinajstić information content (AvgIpc) is 1.35. The van der Waals surface area contributed by atoms with E-state index < -0.39 is 5.24 Å². The normalized spacial score (nSPS) is 6.43. The first-order valence-electron chi connectivity index (χ1n) is 1.30. The van der Waals surface area contributed by atoms with Gasteiger partial charge in [-0.15, -0.1) is 0 Å². The van der Waals surface area contributed by atoms with Crippen LogP contribution in [0, 0.1) is 0 Å². The molecule has 0 bridgehead atoms. The van der Waals surface area contributed by atoms with E-state index in [0.29, 0.717) is 0 Å². The standard InChI is InChI=1S/C3H2ClO2.W/c4-3(6)1-2-5;/h1H2;/q-1;. The summed E-state index contributed by atoms with van der Waals surface area (Å²) in [4.78, 5) is 18.7. The van der Waals surface area contributed by atoms with Crippen LogP contribution in [0.2, 0.25) is 0 Å². The second kappa shape index (κ2) is 6.32. The van der Waals surface area contributed by atoms with Gasteiger partial charge in [0.05, 0.1) is 0 Å². The van der Waals surface area contributed by atoms with Crippen molar-refractivity contribution in [3.8, 4) is 0 Å². The number of hydrogen-bond donors (Lipinski definition) is 0. The Morgan fingerprint density at radius 2 is 2.14 bits per heavy atom. The Hall–Kier alpha value is 0.318. The van der Waals surface area contributed by atoms with E-state index in [4.69, 9.17) is 0 Å². The van der Waals surface area contributed by atoms with Crippen molar-refractivity contribution in [2.24, 2.45) is 0 Å². The second-order valence-corrected chi connectivity index (χ2v) is 1.10. The number of halogens is 1. The van der Waals surface area contributed by atoms with Gasteiger partial charge >= 0.3 is 0 Å². The summed E-state index contributed by atoms with van der Waals surface area (Å²) in [5.74, 6) is 0. The van der Waals surface area contributed by atoms with E-state index in [1.54, 1.807) is 0 Å². The van der Waals surface area contributed by atoms with Gasteiger partial charge in [-0.05, 0) is 11.6 Å². The summed E-state index contributed by atoms with van der Waals surface area (Å²) < 4.78 is 0. The van der Waals surface area contributed by atoms with Crippen molar-refractivity contribution in [2.45, 2.75) is 6.42 Å². The Balaban J connectivity index is 0. The zero-order chi connectivity index (χ0) is 4.99. The summed E-state index contributed by atoms with van der Waals surface area (Å²) >= 11 is 4.68. The molecule has 0 atom stereocenters. The van der Waals surface area contributed by atoms with Crippen LogP contribution >= 0.6 is 11.6 Å². The fourth-order valence-corrected chi connectivity index (χ4v) is 0.111. The van der Waals surface area contributed by atoms with Crippen LogP contribution in [-0.2, 0) is 30.7 Å². The summed E-state index contributed by atoms with van der Waals surface area (Å²) in [5, 5.41) is -0.662. The molecule has 0 aromatic carbocycles. The monoisotopic (exact) mass is 289 g/mol. The van der Waals surface area contributed by atoms with Crippen LogP contribution in [-0.4, -0.2) is 11.5 Å². The van der Waals surface area contributed by atoms with E-state index in [0.717, 1.165) is 0 Å². The van der Waals surface area contributed by atoms with Gasteiger partial charge in [0.2, 0.25) is 0 Å². The smallest absolute Gasteiger partial charge is 0.195 e. The van der Waals surface area contributed by atoms with Crippen LogP contribution in [0.25, 0.3) is 0 Å². The Morgan fingerprint density at radius 3 is 2.14 bits per heavy atom. The molecule has 7 heavy (non-hydrogen) atoms. The van der Waals surface area contributed by atoms with Gasteiger partial charge in [0, 0.05) is 21.1 Å².